The van der Waals surface area contributed by atoms with Crippen LogP contribution in [0.1, 0.15) is 36.0 Å². The molecule has 0 radical (unpaired) electrons. The van der Waals surface area contributed by atoms with Crippen LogP contribution in [0.4, 0.5) is 5.69 Å². The Bertz CT molecular complexity index is 757. The van der Waals surface area contributed by atoms with E-state index in [1.807, 2.05) is 24.3 Å². The van der Waals surface area contributed by atoms with Gasteiger partial charge in [-0.3, -0.25) is 4.79 Å². The number of ether oxygens (including phenoxy) is 1. The summed E-state index contributed by atoms with van der Waals surface area (Å²) in [4.78, 5) is 12.4. The van der Waals surface area contributed by atoms with Gasteiger partial charge in [-0.15, -0.1) is 12.4 Å². The molecular formula is C22H29ClN2O2. The molecule has 1 saturated heterocycles. The first-order valence-corrected chi connectivity index (χ1v) is 9.35. The first kappa shape index (κ1) is 21.3. The number of aryl methyl sites for hydroxylation is 2. The number of halogens is 1. The van der Waals surface area contributed by atoms with E-state index in [0.29, 0.717) is 19.4 Å². The fraction of sp³-hybridized carbons (Fsp3) is 0.409. The van der Waals surface area contributed by atoms with Gasteiger partial charge in [-0.1, -0.05) is 42.5 Å². The largest absolute Gasteiger partial charge is 0.399 e. The van der Waals surface area contributed by atoms with Gasteiger partial charge in [0, 0.05) is 37.3 Å². The summed E-state index contributed by atoms with van der Waals surface area (Å²) < 4.78 is 5.58. The van der Waals surface area contributed by atoms with Crippen LogP contribution in [0.15, 0.2) is 48.5 Å². The second kappa shape index (κ2) is 9.77. The molecule has 2 aromatic rings. The summed E-state index contributed by atoms with van der Waals surface area (Å²) in [6.07, 6.45) is 2.99. The molecule has 0 aliphatic carbocycles. The van der Waals surface area contributed by atoms with Gasteiger partial charge in [-0.2, -0.15) is 0 Å². The van der Waals surface area contributed by atoms with E-state index in [2.05, 4.69) is 36.5 Å². The van der Waals surface area contributed by atoms with Crippen molar-refractivity contribution >= 4 is 24.0 Å². The predicted molar refractivity (Wildman–Crippen MR) is 112 cm³/mol. The summed E-state index contributed by atoms with van der Waals surface area (Å²) in [5, 5.41) is 3.17. The van der Waals surface area contributed by atoms with Gasteiger partial charge in [0.1, 0.15) is 0 Å². The number of nitrogen functional groups attached to an aromatic ring is 1. The van der Waals surface area contributed by atoms with Gasteiger partial charge >= 0.3 is 0 Å². The third-order valence-electron chi connectivity index (χ3n) is 5.47. The Morgan fingerprint density at radius 3 is 2.48 bits per heavy atom. The summed E-state index contributed by atoms with van der Waals surface area (Å²) in [6, 6.07) is 16.2. The number of para-hydroxylation sites is 1. The Balaban J connectivity index is 0.00000261. The Hall–Kier alpha value is -2.04. The second-order valence-corrected chi connectivity index (χ2v) is 7.18. The number of hydrogen-bond donors (Lipinski definition) is 2. The number of anilines is 1. The highest BCUT2D eigenvalue weighted by atomic mass is 35.5. The molecule has 1 amide bonds. The minimum Gasteiger partial charge on any atom is -0.399 e. The van der Waals surface area contributed by atoms with Crippen LogP contribution in [0.25, 0.3) is 0 Å². The number of nitrogens with one attached hydrogen (secondary N) is 1. The molecule has 27 heavy (non-hydrogen) atoms. The molecule has 0 bridgehead atoms. The van der Waals surface area contributed by atoms with Gasteiger partial charge in [-0.05, 0) is 48.9 Å². The number of hydrogen-bond acceptors (Lipinski definition) is 3. The molecule has 0 unspecified atom stereocenters. The Kier molecular flexibility index (Phi) is 7.69. The summed E-state index contributed by atoms with van der Waals surface area (Å²) in [6.45, 7) is 4.28. The first-order valence-electron chi connectivity index (χ1n) is 9.35. The fourth-order valence-corrected chi connectivity index (χ4v) is 3.84. The highest BCUT2D eigenvalue weighted by Gasteiger charge is 2.35. The molecule has 0 aromatic heterocycles. The van der Waals surface area contributed by atoms with Crippen LogP contribution in [0.2, 0.25) is 0 Å². The topological polar surface area (TPSA) is 64.4 Å². The third kappa shape index (κ3) is 5.24. The first-order chi connectivity index (χ1) is 12.6. The van der Waals surface area contributed by atoms with E-state index in [1.54, 1.807) is 0 Å². The number of benzene rings is 2. The molecule has 0 saturated carbocycles. The number of carbonyl (C=O) groups excluding carboxylic acids is 1. The molecule has 0 spiro atoms. The van der Waals surface area contributed by atoms with Gasteiger partial charge in [0.15, 0.2) is 0 Å². The highest BCUT2D eigenvalue weighted by molar-refractivity contribution is 5.85. The zero-order valence-corrected chi connectivity index (χ0v) is 16.7. The van der Waals surface area contributed by atoms with E-state index in [1.165, 1.54) is 11.1 Å². The van der Waals surface area contributed by atoms with Crippen molar-refractivity contribution in [2.75, 3.05) is 25.5 Å². The maximum atomic E-state index is 12.4. The summed E-state index contributed by atoms with van der Waals surface area (Å²) in [5.74, 6) is 0.0766. The zero-order valence-electron chi connectivity index (χ0n) is 15.9. The van der Waals surface area contributed by atoms with E-state index in [0.717, 1.165) is 37.3 Å². The lowest BCUT2D eigenvalue weighted by Gasteiger charge is -2.39. The van der Waals surface area contributed by atoms with Crippen molar-refractivity contribution in [3.8, 4) is 0 Å². The SMILES string of the molecule is Cc1ccccc1C1(CNC(=O)CCc2ccccc2N)CCOCC1.Cl. The smallest absolute Gasteiger partial charge is 0.220 e. The van der Waals surface area contributed by atoms with Crippen LogP contribution in [0.3, 0.4) is 0 Å². The zero-order chi connectivity index (χ0) is 18.4. The summed E-state index contributed by atoms with van der Waals surface area (Å²) >= 11 is 0. The molecule has 3 rings (SSSR count). The molecule has 1 aliphatic heterocycles. The number of rotatable bonds is 6. The van der Waals surface area contributed by atoms with E-state index >= 15 is 0 Å². The van der Waals surface area contributed by atoms with Gasteiger partial charge < -0.3 is 15.8 Å². The van der Waals surface area contributed by atoms with Gasteiger partial charge in [0.25, 0.3) is 0 Å². The van der Waals surface area contributed by atoms with Crippen LogP contribution in [-0.2, 0) is 21.4 Å². The minimum atomic E-state index is -0.0367. The van der Waals surface area contributed by atoms with Crippen molar-refractivity contribution in [2.24, 2.45) is 0 Å². The number of amides is 1. The molecule has 1 heterocycles. The molecule has 5 heteroatoms. The van der Waals surface area contributed by atoms with Crippen LogP contribution in [0, 0.1) is 6.92 Å². The maximum absolute atomic E-state index is 12.4. The maximum Gasteiger partial charge on any atom is 0.220 e. The Labute approximate surface area is 167 Å². The lowest BCUT2D eigenvalue weighted by Crippen LogP contribution is -2.45. The fourth-order valence-electron chi connectivity index (χ4n) is 3.84. The van der Waals surface area contributed by atoms with Crippen LogP contribution in [0.5, 0.6) is 0 Å². The number of carbonyl (C=O) groups is 1. The van der Waals surface area contributed by atoms with Crippen LogP contribution in [-0.4, -0.2) is 25.7 Å². The standard InChI is InChI=1S/C22H28N2O2.ClH/c1-17-6-2-4-8-19(17)22(12-14-26-15-13-22)16-24-21(25)11-10-18-7-3-5-9-20(18)23;/h2-9H,10-16,23H2,1H3,(H,24,25);1H. The highest BCUT2D eigenvalue weighted by Crippen LogP contribution is 2.36. The molecular weight excluding hydrogens is 360 g/mol. The monoisotopic (exact) mass is 388 g/mol. The van der Waals surface area contributed by atoms with E-state index in [9.17, 15) is 4.79 Å². The molecule has 3 N–H and O–H groups in total. The van der Waals surface area contributed by atoms with Crippen LogP contribution >= 0.6 is 12.4 Å². The van der Waals surface area contributed by atoms with Crippen molar-refractivity contribution in [3.63, 3.8) is 0 Å². The van der Waals surface area contributed by atoms with Crippen molar-refractivity contribution in [3.05, 3.63) is 65.2 Å². The molecule has 2 aromatic carbocycles. The van der Waals surface area contributed by atoms with Gasteiger partial charge in [0.2, 0.25) is 5.91 Å². The summed E-state index contributed by atoms with van der Waals surface area (Å²) in [5.41, 5.74) is 10.3. The average Bonchev–Trinajstić information content (AvgIpc) is 2.67. The van der Waals surface area contributed by atoms with E-state index in [4.69, 9.17) is 10.5 Å². The third-order valence-corrected chi connectivity index (χ3v) is 5.47. The van der Waals surface area contributed by atoms with Gasteiger partial charge in [-0.25, -0.2) is 0 Å². The Morgan fingerprint density at radius 1 is 1.11 bits per heavy atom. The lowest BCUT2D eigenvalue weighted by molar-refractivity contribution is -0.121. The summed E-state index contributed by atoms with van der Waals surface area (Å²) in [7, 11) is 0. The molecule has 146 valence electrons. The van der Waals surface area contributed by atoms with Crippen molar-refractivity contribution in [1.29, 1.82) is 0 Å². The molecule has 1 aliphatic rings. The minimum absolute atomic E-state index is 0. The lowest BCUT2D eigenvalue weighted by atomic mass is 9.72. The molecule has 4 nitrogen and oxygen atoms in total. The van der Waals surface area contributed by atoms with Gasteiger partial charge in [0.05, 0.1) is 0 Å². The van der Waals surface area contributed by atoms with E-state index < -0.39 is 0 Å². The molecule has 1 fully saturated rings. The quantitative estimate of drug-likeness (QED) is 0.740. The second-order valence-electron chi connectivity index (χ2n) is 7.18. The van der Waals surface area contributed by atoms with Crippen molar-refractivity contribution in [1.82, 2.24) is 5.32 Å². The van der Waals surface area contributed by atoms with Crippen LogP contribution < -0.4 is 11.1 Å². The van der Waals surface area contributed by atoms with Crippen molar-refractivity contribution in [2.45, 2.75) is 38.0 Å². The van der Waals surface area contributed by atoms with E-state index in [-0.39, 0.29) is 23.7 Å². The number of nitrogens with two attached hydrogens (primary N) is 1. The average molecular weight is 389 g/mol. The normalized spacial score (nSPS) is 15.6. The van der Waals surface area contributed by atoms with Crippen molar-refractivity contribution < 1.29 is 9.53 Å². The molecule has 0 atom stereocenters. The predicted octanol–water partition coefficient (Wildman–Crippen LogP) is 3.80. The Morgan fingerprint density at radius 2 is 1.78 bits per heavy atom.